The first-order valence-corrected chi connectivity index (χ1v) is 9.99. The molecule has 0 aliphatic heterocycles. The van der Waals surface area contributed by atoms with Gasteiger partial charge in [-0.15, -0.1) is 11.3 Å². The first kappa shape index (κ1) is 20.7. The van der Waals surface area contributed by atoms with Crippen molar-refractivity contribution in [1.29, 1.82) is 5.26 Å². The largest absolute Gasteiger partial charge is 0.462 e. The summed E-state index contributed by atoms with van der Waals surface area (Å²) in [5, 5.41) is 12.7. The lowest BCUT2D eigenvalue weighted by atomic mass is 10.2. The average Bonchev–Trinajstić information content (AvgIpc) is 2.89. The third kappa shape index (κ3) is 4.37. The number of ether oxygens (including phenoxy) is 1. The van der Waals surface area contributed by atoms with Crippen LogP contribution in [0, 0.1) is 25.2 Å². The molecular formula is C17H18N4O4S2. The second-order valence-electron chi connectivity index (χ2n) is 5.42. The van der Waals surface area contributed by atoms with Crippen LogP contribution in [0.5, 0.6) is 0 Å². The quantitative estimate of drug-likeness (QED) is 0.445. The Morgan fingerprint density at radius 1 is 1.44 bits per heavy atom. The summed E-state index contributed by atoms with van der Waals surface area (Å²) in [5.74, 6) is -1.28. The van der Waals surface area contributed by atoms with E-state index in [1.54, 1.807) is 13.2 Å². The number of carbonyl (C=O) groups excluding carboxylic acids is 2. The molecule has 0 saturated carbocycles. The van der Waals surface area contributed by atoms with E-state index >= 15 is 0 Å². The van der Waals surface area contributed by atoms with Crippen LogP contribution in [0.2, 0.25) is 0 Å². The molecular weight excluding hydrogens is 388 g/mol. The van der Waals surface area contributed by atoms with Gasteiger partial charge in [-0.1, -0.05) is 11.8 Å². The lowest BCUT2D eigenvalue weighted by Crippen LogP contribution is -2.33. The highest BCUT2D eigenvalue weighted by molar-refractivity contribution is 7.98. The third-order valence-corrected chi connectivity index (χ3v) is 5.55. The number of rotatable bonds is 6. The number of carbonyl (C=O) groups is 2. The summed E-state index contributed by atoms with van der Waals surface area (Å²) in [6.07, 6.45) is 2.86. The van der Waals surface area contributed by atoms with Crippen LogP contribution in [0.1, 0.15) is 33.3 Å². The van der Waals surface area contributed by atoms with Gasteiger partial charge in [-0.05, 0) is 32.6 Å². The van der Waals surface area contributed by atoms with E-state index in [1.165, 1.54) is 23.1 Å². The Bertz CT molecular complexity index is 988. The fraction of sp³-hybridized carbons (Fsp3) is 0.353. The van der Waals surface area contributed by atoms with Crippen molar-refractivity contribution in [2.75, 3.05) is 18.2 Å². The van der Waals surface area contributed by atoms with Gasteiger partial charge >= 0.3 is 5.97 Å². The van der Waals surface area contributed by atoms with Crippen LogP contribution in [-0.2, 0) is 16.1 Å². The first-order chi connectivity index (χ1) is 12.8. The molecule has 142 valence electrons. The van der Waals surface area contributed by atoms with Crippen molar-refractivity contribution >= 4 is 40.0 Å². The van der Waals surface area contributed by atoms with E-state index in [1.807, 2.05) is 13.8 Å². The normalized spacial score (nSPS) is 10.3. The van der Waals surface area contributed by atoms with E-state index in [0.29, 0.717) is 15.7 Å². The number of hydrogen-bond acceptors (Lipinski definition) is 8. The predicted molar refractivity (Wildman–Crippen MR) is 103 cm³/mol. The maximum absolute atomic E-state index is 12.6. The summed E-state index contributed by atoms with van der Waals surface area (Å²) < 4.78 is 5.97. The van der Waals surface area contributed by atoms with Gasteiger partial charge in [0.2, 0.25) is 5.91 Å². The number of nitrogens with zero attached hydrogens (tertiary/aromatic N) is 3. The molecule has 0 aliphatic rings. The molecule has 0 aromatic carbocycles. The van der Waals surface area contributed by atoms with Gasteiger partial charge in [0, 0.05) is 4.88 Å². The van der Waals surface area contributed by atoms with Crippen LogP contribution in [0.15, 0.2) is 16.1 Å². The molecule has 0 aliphatic carbocycles. The summed E-state index contributed by atoms with van der Waals surface area (Å²) in [4.78, 5) is 42.0. The molecule has 0 bridgehead atoms. The van der Waals surface area contributed by atoms with E-state index in [2.05, 4.69) is 16.4 Å². The first-order valence-electron chi connectivity index (χ1n) is 7.94. The number of amides is 1. The lowest BCUT2D eigenvalue weighted by molar-refractivity contribution is -0.116. The zero-order valence-electron chi connectivity index (χ0n) is 15.3. The molecule has 2 rings (SSSR count). The molecule has 8 nitrogen and oxygen atoms in total. The molecule has 27 heavy (non-hydrogen) atoms. The zero-order valence-corrected chi connectivity index (χ0v) is 16.9. The second-order valence-corrected chi connectivity index (χ2v) is 7.42. The Balaban J connectivity index is 2.33. The summed E-state index contributed by atoms with van der Waals surface area (Å²) in [5.41, 5.74) is 0.331. The Morgan fingerprint density at radius 2 is 2.15 bits per heavy atom. The van der Waals surface area contributed by atoms with Crippen molar-refractivity contribution in [1.82, 2.24) is 9.55 Å². The van der Waals surface area contributed by atoms with Crippen LogP contribution in [0.25, 0.3) is 0 Å². The number of anilines is 1. The van der Waals surface area contributed by atoms with E-state index in [9.17, 15) is 19.6 Å². The molecule has 10 heteroatoms. The maximum Gasteiger partial charge on any atom is 0.345 e. The van der Waals surface area contributed by atoms with Gasteiger partial charge in [0.1, 0.15) is 23.2 Å². The van der Waals surface area contributed by atoms with Crippen molar-refractivity contribution in [3.8, 4) is 6.07 Å². The molecule has 0 atom stereocenters. The van der Waals surface area contributed by atoms with Gasteiger partial charge in [-0.3, -0.25) is 14.2 Å². The van der Waals surface area contributed by atoms with Gasteiger partial charge in [0.05, 0.1) is 18.4 Å². The minimum atomic E-state index is -0.784. The Morgan fingerprint density at radius 3 is 2.74 bits per heavy atom. The van der Waals surface area contributed by atoms with E-state index in [4.69, 9.17) is 4.74 Å². The minimum absolute atomic E-state index is 0.122. The molecule has 1 amide bonds. The molecule has 0 fully saturated rings. The third-order valence-electron chi connectivity index (χ3n) is 3.74. The van der Waals surface area contributed by atoms with Crippen LogP contribution in [0.3, 0.4) is 0 Å². The van der Waals surface area contributed by atoms with Gasteiger partial charge in [-0.25, -0.2) is 9.78 Å². The van der Waals surface area contributed by atoms with Crippen molar-refractivity contribution in [2.24, 2.45) is 0 Å². The van der Waals surface area contributed by atoms with Crippen molar-refractivity contribution < 1.29 is 14.3 Å². The lowest BCUT2D eigenvalue weighted by Gasteiger charge is -2.11. The van der Waals surface area contributed by atoms with E-state index in [0.717, 1.165) is 21.2 Å². The van der Waals surface area contributed by atoms with Gasteiger partial charge in [0.15, 0.2) is 5.16 Å². The average molecular weight is 406 g/mol. The van der Waals surface area contributed by atoms with E-state index < -0.39 is 17.4 Å². The zero-order chi connectivity index (χ0) is 20.1. The Kier molecular flexibility index (Phi) is 6.76. The van der Waals surface area contributed by atoms with Crippen molar-refractivity contribution in [2.45, 2.75) is 32.5 Å². The Labute approximate surface area is 164 Å². The molecule has 2 heterocycles. The van der Waals surface area contributed by atoms with Crippen LogP contribution in [0.4, 0.5) is 5.00 Å². The second kappa shape index (κ2) is 8.83. The molecule has 2 aromatic heterocycles. The predicted octanol–water partition coefficient (Wildman–Crippen LogP) is 2.33. The highest BCUT2D eigenvalue weighted by atomic mass is 32.2. The maximum atomic E-state index is 12.6. The SMILES string of the molecule is CCOC(=O)c1cnc(SC)n(CC(=O)Nc2sc(C)c(C)c2C#N)c1=O. The number of nitrogens with one attached hydrogen (secondary N) is 1. The number of thioether (sulfide) groups is 1. The summed E-state index contributed by atoms with van der Waals surface area (Å²) in [6.45, 7) is 5.08. The standard InChI is InChI=1S/C17H18N4O4S2/c1-5-25-16(24)12-7-19-17(26-4)21(15(12)23)8-13(22)20-14-11(6-18)9(2)10(3)27-14/h7H,5,8H2,1-4H3,(H,20,22). The fourth-order valence-electron chi connectivity index (χ4n) is 2.29. The number of esters is 1. The monoisotopic (exact) mass is 406 g/mol. The number of nitriles is 1. The van der Waals surface area contributed by atoms with E-state index in [-0.39, 0.29) is 18.7 Å². The molecule has 0 spiro atoms. The Hall–Kier alpha value is -2.64. The van der Waals surface area contributed by atoms with Gasteiger partial charge in [-0.2, -0.15) is 5.26 Å². The van der Waals surface area contributed by atoms with Crippen LogP contribution in [-0.4, -0.2) is 34.3 Å². The van der Waals surface area contributed by atoms with Crippen molar-refractivity contribution in [3.05, 3.63) is 38.1 Å². The molecule has 0 unspecified atom stereocenters. The number of hydrogen-bond donors (Lipinski definition) is 1. The molecule has 0 saturated heterocycles. The molecule has 2 aromatic rings. The van der Waals surface area contributed by atoms with Crippen LogP contribution < -0.4 is 10.9 Å². The highest BCUT2D eigenvalue weighted by Crippen LogP contribution is 2.31. The number of aromatic nitrogens is 2. The molecule has 1 N–H and O–H groups in total. The highest BCUT2D eigenvalue weighted by Gasteiger charge is 2.20. The minimum Gasteiger partial charge on any atom is -0.462 e. The van der Waals surface area contributed by atoms with Gasteiger partial charge in [0.25, 0.3) is 5.56 Å². The molecule has 0 radical (unpaired) electrons. The smallest absolute Gasteiger partial charge is 0.345 e. The topological polar surface area (TPSA) is 114 Å². The summed E-state index contributed by atoms with van der Waals surface area (Å²) in [6, 6.07) is 2.08. The van der Waals surface area contributed by atoms with Gasteiger partial charge < -0.3 is 10.1 Å². The summed E-state index contributed by atoms with van der Waals surface area (Å²) >= 11 is 2.47. The fourth-order valence-corrected chi connectivity index (χ4v) is 3.84. The number of thiophene rings is 1. The van der Waals surface area contributed by atoms with Crippen molar-refractivity contribution in [3.63, 3.8) is 0 Å². The number of aryl methyl sites for hydroxylation is 1. The summed E-state index contributed by atoms with van der Waals surface area (Å²) in [7, 11) is 0. The van der Waals surface area contributed by atoms with Crippen LogP contribution >= 0.6 is 23.1 Å².